The molecule has 0 N–H and O–H groups in total. The minimum absolute atomic E-state index is 0.0363. The molecule has 0 saturated carbocycles. The summed E-state index contributed by atoms with van der Waals surface area (Å²) in [6.07, 6.45) is 5.85. The van der Waals surface area contributed by atoms with E-state index in [0.717, 1.165) is 58.4 Å². The van der Waals surface area contributed by atoms with Crippen LogP contribution in [-0.4, -0.2) is 62.7 Å². The van der Waals surface area contributed by atoms with E-state index in [1.165, 1.54) is 12.0 Å². The molecule has 4 nitrogen and oxygen atoms in total. The Hall–Kier alpha value is -1.40. The first-order valence-electron chi connectivity index (χ1n) is 11.5. The largest absolute Gasteiger partial charge is 0.302 e. The third-order valence-corrected chi connectivity index (χ3v) is 8.89. The standard InChI is InChI=1S/C25H33ClN2O2S/c26-23-9-11-25(12-10-23)31(29,30)20-24(28-15-5-2-6-16-28)19-27-17-13-22(14-18-27)21-7-3-1-4-8-21/h1,3-4,7-12,22,24H,2,5-6,13-20H2. The molecular weight excluding hydrogens is 428 g/mol. The quantitative estimate of drug-likeness (QED) is 0.592. The van der Waals surface area contributed by atoms with Gasteiger partial charge in [0.25, 0.3) is 0 Å². The molecule has 1 unspecified atom stereocenters. The van der Waals surface area contributed by atoms with E-state index >= 15 is 0 Å². The molecule has 2 aliphatic rings. The van der Waals surface area contributed by atoms with Crippen LogP contribution in [0.15, 0.2) is 59.5 Å². The van der Waals surface area contributed by atoms with Gasteiger partial charge in [-0.3, -0.25) is 4.90 Å². The molecular formula is C25H33ClN2O2S. The molecule has 0 aromatic heterocycles. The van der Waals surface area contributed by atoms with Gasteiger partial charge in [0, 0.05) is 17.6 Å². The zero-order valence-electron chi connectivity index (χ0n) is 18.1. The lowest BCUT2D eigenvalue weighted by Gasteiger charge is -2.39. The van der Waals surface area contributed by atoms with Gasteiger partial charge in [0.15, 0.2) is 9.84 Å². The van der Waals surface area contributed by atoms with Crippen molar-refractivity contribution in [1.29, 1.82) is 0 Å². The molecule has 168 valence electrons. The van der Waals surface area contributed by atoms with E-state index < -0.39 is 9.84 Å². The summed E-state index contributed by atoms with van der Waals surface area (Å²) in [5, 5.41) is 0.563. The summed E-state index contributed by atoms with van der Waals surface area (Å²) < 4.78 is 26.4. The Bertz CT molecular complexity index is 920. The van der Waals surface area contributed by atoms with Crippen LogP contribution in [0.2, 0.25) is 5.02 Å². The Balaban J connectivity index is 1.43. The molecule has 0 aliphatic carbocycles. The molecule has 0 bridgehead atoms. The first-order valence-corrected chi connectivity index (χ1v) is 13.5. The number of likely N-dealkylation sites (tertiary alicyclic amines) is 2. The lowest BCUT2D eigenvalue weighted by Crippen LogP contribution is -2.50. The maximum Gasteiger partial charge on any atom is 0.179 e. The minimum Gasteiger partial charge on any atom is -0.302 e. The summed E-state index contributed by atoms with van der Waals surface area (Å²) >= 11 is 5.96. The van der Waals surface area contributed by atoms with Gasteiger partial charge in [-0.2, -0.15) is 0 Å². The fourth-order valence-electron chi connectivity index (χ4n) is 5.02. The molecule has 4 rings (SSSR count). The molecule has 2 heterocycles. The van der Waals surface area contributed by atoms with Crippen LogP contribution in [0.1, 0.15) is 43.6 Å². The van der Waals surface area contributed by atoms with E-state index in [9.17, 15) is 8.42 Å². The van der Waals surface area contributed by atoms with Gasteiger partial charge in [-0.25, -0.2) is 8.42 Å². The summed E-state index contributed by atoms with van der Waals surface area (Å²) in [5.41, 5.74) is 1.43. The molecule has 31 heavy (non-hydrogen) atoms. The highest BCUT2D eigenvalue weighted by Crippen LogP contribution is 2.28. The van der Waals surface area contributed by atoms with Gasteiger partial charge >= 0.3 is 0 Å². The lowest BCUT2D eigenvalue weighted by molar-refractivity contribution is 0.115. The molecule has 6 heteroatoms. The summed E-state index contributed by atoms with van der Waals surface area (Å²) in [6, 6.07) is 17.4. The van der Waals surface area contributed by atoms with E-state index in [1.807, 2.05) is 0 Å². The van der Waals surface area contributed by atoms with Gasteiger partial charge in [-0.05, 0) is 87.6 Å². The van der Waals surface area contributed by atoms with Crippen molar-refractivity contribution in [2.24, 2.45) is 0 Å². The van der Waals surface area contributed by atoms with Gasteiger partial charge < -0.3 is 4.90 Å². The molecule has 2 aromatic carbocycles. The predicted octanol–water partition coefficient (Wildman–Crippen LogP) is 4.85. The fraction of sp³-hybridized carbons (Fsp3) is 0.520. The van der Waals surface area contributed by atoms with Gasteiger partial charge in [-0.15, -0.1) is 0 Å². The first kappa shape index (κ1) is 22.8. The van der Waals surface area contributed by atoms with Crippen LogP contribution < -0.4 is 0 Å². The number of benzene rings is 2. The first-order chi connectivity index (χ1) is 15.0. The SMILES string of the molecule is O=S(=O)(CC(CN1CCC(c2ccccc2)CC1)N1CCCCC1)c1ccc(Cl)cc1. The Morgan fingerprint density at radius 2 is 1.52 bits per heavy atom. The van der Waals surface area contributed by atoms with E-state index in [4.69, 9.17) is 11.6 Å². The fourth-order valence-corrected chi connectivity index (χ4v) is 6.71. The van der Waals surface area contributed by atoms with E-state index in [-0.39, 0.29) is 11.8 Å². The highest BCUT2D eigenvalue weighted by molar-refractivity contribution is 7.91. The predicted molar refractivity (Wildman–Crippen MR) is 128 cm³/mol. The highest BCUT2D eigenvalue weighted by atomic mass is 35.5. The number of sulfone groups is 1. The van der Waals surface area contributed by atoms with Crippen LogP contribution in [0.5, 0.6) is 0 Å². The molecule has 2 aliphatic heterocycles. The van der Waals surface area contributed by atoms with Crippen molar-refractivity contribution < 1.29 is 8.42 Å². The van der Waals surface area contributed by atoms with Crippen LogP contribution >= 0.6 is 11.6 Å². The third kappa shape index (κ3) is 6.10. The Morgan fingerprint density at radius 3 is 2.16 bits per heavy atom. The van der Waals surface area contributed by atoms with Crippen LogP contribution in [0.4, 0.5) is 0 Å². The van der Waals surface area contributed by atoms with Crippen LogP contribution in [0, 0.1) is 0 Å². The van der Waals surface area contributed by atoms with Crippen LogP contribution in [-0.2, 0) is 9.84 Å². The number of rotatable bonds is 7. The average molecular weight is 461 g/mol. The number of piperidine rings is 2. The molecule has 2 saturated heterocycles. The Morgan fingerprint density at radius 1 is 0.871 bits per heavy atom. The molecule has 1 atom stereocenters. The van der Waals surface area contributed by atoms with Crippen molar-refractivity contribution in [2.45, 2.75) is 49.0 Å². The van der Waals surface area contributed by atoms with E-state index in [0.29, 0.717) is 15.8 Å². The maximum absolute atomic E-state index is 13.2. The van der Waals surface area contributed by atoms with Gasteiger partial charge in [-0.1, -0.05) is 48.4 Å². The van der Waals surface area contributed by atoms with Gasteiger partial charge in [0.2, 0.25) is 0 Å². The molecule has 2 aromatic rings. The number of nitrogens with zero attached hydrogens (tertiary/aromatic N) is 2. The zero-order chi connectivity index (χ0) is 21.7. The van der Waals surface area contributed by atoms with Gasteiger partial charge in [0.1, 0.15) is 0 Å². The smallest absolute Gasteiger partial charge is 0.179 e. The van der Waals surface area contributed by atoms with Crippen LogP contribution in [0.3, 0.4) is 0 Å². The van der Waals surface area contributed by atoms with E-state index in [1.54, 1.807) is 24.3 Å². The number of hydrogen-bond acceptors (Lipinski definition) is 4. The molecule has 0 spiro atoms. The lowest BCUT2D eigenvalue weighted by atomic mass is 9.89. The van der Waals surface area contributed by atoms with E-state index in [2.05, 4.69) is 40.1 Å². The second-order valence-corrected chi connectivity index (χ2v) is 11.4. The molecule has 0 radical (unpaired) electrons. The van der Waals surface area contributed by atoms with Crippen molar-refractivity contribution in [2.75, 3.05) is 38.5 Å². The van der Waals surface area contributed by atoms with Crippen molar-refractivity contribution in [3.05, 3.63) is 65.2 Å². The number of halogens is 1. The molecule has 2 fully saturated rings. The van der Waals surface area contributed by atoms with Crippen molar-refractivity contribution in [1.82, 2.24) is 9.80 Å². The van der Waals surface area contributed by atoms with Crippen molar-refractivity contribution >= 4 is 21.4 Å². The van der Waals surface area contributed by atoms with Crippen molar-refractivity contribution in [3.8, 4) is 0 Å². The second-order valence-electron chi connectivity index (χ2n) is 8.97. The van der Waals surface area contributed by atoms with Crippen molar-refractivity contribution in [3.63, 3.8) is 0 Å². The third-order valence-electron chi connectivity index (χ3n) is 6.82. The van der Waals surface area contributed by atoms with Crippen LogP contribution in [0.25, 0.3) is 0 Å². The highest BCUT2D eigenvalue weighted by Gasteiger charge is 2.30. The molecule has 0 amide bonds. The Kier molecular flexibility index (Phi) is 7.70. The Labute approximate surface area is 192 Å². The summed E-state index contributed by atoms with van der Waals surface area (Å²) in [6.45, 7) is 4.90. The normalized spacial score (nSPS) is 20.5. The maximum atomic E-state index is 13.2. The van der Waals surface area contributed by atoms with Gasteiger partial charge in [0.05, 0.1) is 10.6 Å². The summed E-state index contributed by atoms with van der Waals surface area (Å²) in [4.78, 5) is 5.28. The zero-order valence-corrected chi connectivity index (χ0v) is 19.7. The second kappa shape index (κ2) is 10.5. The summed E-state index contributed by atoms with van der Waals surface area (Å²) in [7, 11) is -3.36. The average Bonchev–Trinajstić information content (AvgIpc) is 2.80. The minimum atomic E-state index is -3.36. The topological polar surface area (TPSA) is 40.6 Å². The number of hydrogen-bond donors (Lipinski definition) is 0. The summed E-state index contributed by atoms with van der Waals surface area (Å²) in [5.74, 6) is 0.788. The monoisotopic (exact) mass is 460 g/mol.